The summed E-state index contributed by atoms with van der Waals surface area (Å²) in [4.78, 5) is 0. The third-order valence-corrected chi connectivity index (χ3v) is 2.42. The van der Waals surface area contributed by atoms with E-state index in [1.807, 2.05) is 6.07 Å². The predicted octanol–water partition coefficient (Wildman–Crippen LogP) is 3.20. The van der Waals surface area contributed by atoms with Gasteiger partial charge in [-0.1, -0.05) is 46.3 Å². The van der Waals surface area contributed by atoms with Crippen molar-refractivity contribution in [2.24, 2.45) is 0 Å². The van der Waals surface area contributed by atoms with Gasteiger partial charge in [-0.15, -0.1) is 0 Å². The molecule has 0 aliphatic heterocycles. The zero-order valence-electron chi connectivity index (χ0n) is 5.47. The van der Waals surface area contributed by atoms with Crippen LogP contribution in [-0.2, 0) is 0 Å². The molecule has 0 saturated carbocycles. The van der Waals surface area contributed by atoms with Gasteiger partial charge in [-0.2, -0.15) is 0 Å². The van der Waals surface area contributed by atoms with Gasteiger partial charge in [0.1, 0.15) is 0 Å². The van der Waals surface area contributed by atoms with E-state index in [-0.39, 0.29) is 0 Å². The summed E-state index contributed by atoms with van der Waals surface area (Å²) >= 11 is 3.46. The number of halogens is 1. The van der Waals surface area contributed by atoms with Crippen LogP contribution in [0.1, 0.15) is 12.0 Å². The summed E-state index contributed by atoms with van der Waals surface area (Å²) in [7, 11) is 0. The number of allylic oxidation sites excluding steroid dienone is 2. The van der Waals surface area contributed by atoms with Gasteiger partial charge < -0.3 is 0 Å². The Kier molecular flexibility index (Phi) is 1.38. The molecule has 10 heavy (non-hydrogen) atoms. The summed E-state index contributed by atoms with van der Waals surface area (Å²) in [5, 5.41) is 0. The molecule has 1 heteroatoms. The lowest BCUT2D eigenvalue weighted by molar-refractivity contribution is 1.59. The molecule has 1 aromatic rings. The normalized spacial score (nSPS) is 15.7. The first-order valence-corrected chi connectivity index (χ1v) is 4.10. The van der Waals surface area contributed by atoms with Crippen LogP contribution >= 0.6 is 15.9 Å². The standard InChI is InChI=1S/C9H7Br/c10-9-6-8(9)7-4-2-1-3-5-7/h1-5H,6H2. The molecule has 0 bridgehead atoms. The smallest absolute Gasteiger partial charge is 0.00577 e. The van der Waals surface area contributed by atoms with Crippen molar-refractivity contribution < 1.29 is 0 Å². The van der Waals surface area contributed by atoms with Gasteiger partial charge in [0.25, 0.3) is 0 Å². The number of benzene rings is 1. The topological polar surface area (TPSA) is 0 Å². The molecule has 0 fully saturated rings. The molecule has 0 N–H and O–H groups in total. The second kappa shape index (κ2) is 2.24. The van der Waals surface area contributed by atoms with Gasteiger partial charge in [0.15, 0.2) is 0 Å². The minimum absolute atomic E-state index is 1.14. The summed E-state index contributed by atoms with van der Waals surface area (Å²) in [5.41, 5.74) is 2.81. The Morgan fingerprint density at radius 1 is 1.10 bits per heavy atom. The van der Waals surface area contributed by atoms with E-state index in [9.17, 15) is 0 Å². The summed E-state index contributed by atoms with van der Waals surface area (Å²) in [6.07, 6.45) is 1.14. The SMILES string of the molecule is BrC1=C(c2ccccc2)C1. The lowest BCUT2D eigenvalue weighted by Gasteiger charge is -1.88. The van der Waals surface area contributed by atoms with Crippen molar-refractivity contribution in [2.75, 3.05) is 0 Å². The maximum absolute atomic E-state index is 3.46. The second-order valence-electron chi connectivity index (χ2n) is 2.43. The molecule has 0 spiro atoms. The average molecular weight is 195 g/mol. The highest BCUT2D eigenvalue weighted by atomic mass is 79.9. The van der Waals surface area contributed by atoms with Gasteiger partial charge in [0, 0.05) is 10.9 Å². The zero-order chi connectivity index (χ0) is 6.97. The van der Waals surface area contributed by atoms with Crippen LogP contribution in [0, 0.1) is 0 Å². The first-order chi connectivity index (χ1) is 4.88. The van der Waals surface area contributed by atoms with Crippen LogP contribution < -0.4 is 0 Å². The fraction of sp³-hybridized carbons (Fsp3) is 0.111. The van der Waals surface area contributed by atoms with Crippen molar-refractivity contribution >= 4 is 21.5 Å². The van der Waals surface area contributed by atoms with Crippen LogP contribution in [0.15, 0.2) is 34.8 Å². The maximum atomic E-state index is 3.46. The van der Waals surface area contributed by atoms with Crippen LogP contribution in [0.25, 0.3) is 5.57 Å². The van der Waals surface area contributed by atoms with E-state index < -0.39 is 0 Å². The first kappa shape index (κ1) is 6.17. The minimum atomic E-state index is 1.14. The molecule has 50 valence electrons. The molecular weight excluding hydrogens is 188 g/mol. The molecule has 0 amide bonds. The van der Waals surface area contributed by atoms with Crippen LogP contribution in [0.3, 0.4) is 0 Å². The van der Waals surface area contributed by atoms with E-state index in [0.717, 1.165) is 6.42 Å². The van der Waals surface area contributed by atoms with Crippen LogP contribution in [0.4, 0.5) is 0 Å². The van der Waals surface area contributed by atoms with Gasteiger partial charge in [-0.3, -0.25) is 0 Å². The number of hydrogen-bond donors (Lipinski definition) is 0. The second-order valence-corrected chi connectivity index (χ2v) is 3.38. The molecule has 0 saturated heterocycles. The van der Waals surface area contributed by atoms with Gasteiger partial charge in [-0.05, 0) is 11.1 Å². The predicted molar refractivity (Wildman–Crippen MR) is 46.9 cm³/mol. The Hall–Kier alpha value is -0.560. The molecule has 1 aliphatic carbocycles. The Morgan fingerprint density at radius 3 is 2.20 bits per heavy atom. The lowest BCUT2D eigenvalue weighted by Crippen LogP contribution is -1.68. The van der Waals surface area contributed by atoms with Gasteiger partial charge in [0.05, 0.1) is 0 Å². The largest absolute Gasteiger partial charge is 0.0622 e. The van der Waals surface area contributed by atoms with Gasteiger partial charge in [-0.25, -0.2) is 0 Å². The van der Waals surface area contributed by atoms with Gasteiger partial charge >= 0.3 is 0 Å². The Bertz CT molecular complexity index is 272. The van der Waals surface area contributed by atoms with Crippen molar-refractivity contribution in [3.05, 3.63) is 40.4 Å². The Morgan fingerprint density at radius 2 is 1.70 bits per heavy atom. The highest BCUT2D eigenvalue weighted by Gasteiger charge is 2.19. The molecule has 0 atom stereocenters. The van der Waals surface area contributed by atoms with Crippen molar-refractivity contribution in [3.63, 3.8) is 0 Å². The molecule has 2 rings (SSSR count). The fourth-order valence-corrected chi connectivity index (χ4v) is 1.52. The van der Waals surface area contributed by atoms with E-state index in [0.29, 0.717) is 0 Å². The quantitative estimate of drug-likeness (QED) is 0.645. The highest BCUT2D eigenvalue weighted by Crippen LogP contribution is 2.43. The third kappa shape index (κ3) is 1.01. The van der Waals surface area contributed by atoms with E-state index >= 15 is 0 Å². The van der Waals surface area contributed by atoms with Gasteiger partial charge in [0.2, 0.25) is 0 Å². The molecule has 1 aliphatic rings. The Balaban J connectivity index is 2.37. The lowest BCUT2D eigenvalue weighted by atomic mass is 10.2. The van der Waals surface area contributed by atoms with Crippen LogP contribution in [-0.4, -0.2) is 0 Å². The molecule has 1 aromatic carbocycles. The van der Waals surface area contributed by atoms with Crippen molar-refractivity contribution in [1.82, 2.24) is 0 Å². The molecule has 0 unspecified atom stereocenters. The van der Waals surface area contributed by atoms with Crippen molar-refractivity contribution in [1.29, 1.82) is 0 Å². The number of hydrogen-bond acceptors (Lipinski definition) is 0. The highest BCUT2D eigenvalue weighted by molar-refractivity contribution is 9.12. The Labute approximate surface area is 68.7 Å². The average Bonchev–Trinajstić information content (AvgIpc) is 2.69. The molecular formula is C9H7Br. The summed E-state index contributed by atoms with van der Waals surface area (Å²) < 4.78 is 1.36. The van der Waals surface area contributed by atoms with E-state index in [1.54, 1.807) is 0 Å². The molecule has 0 heterocycles. The minimum Gasteiger partial charge on any atom is -0.0622 e. The zero-order valence-corrected chi connectivity index (χ0v) is 7.06. The van der Waals surface area contributed by atoms with E-state index in [1.165, 1.54) is 15.6 Å². The van der Waals surface area contributed by atoms with Crippen molar-refractivity contribution in [3.8, 4) is 0 Å². The maximum Gasteiger partial charge on any atom is 0.00577 e. The van der Waals surface area contributed by atoms with Crippen molar-refractivity contribution in [2.45, 2.75) is 6.42 Å². The van der Waals surface area contributed by atoms with Crippen LogP contribution in [0.2, 0.25) is 0 Å². The molecule has 0 radical (unpaired) electrons. The first-order valence-electron chi connectivity index (χ1n) is 3.31. The summed E-state index contributed by atoms with van der Waals surface area (Å²) in [5.74, 6) is 0. The monoisotopic (exact) mass is 194 g/mol. The van der Waals surface area contributed by atoms with Crippen LogP contribution in [0.5, 0.6) is 0 Å². The number of rotatable bonds is 1. The van der Waals surface area contributed by atoms with E-state index in [4.69, 9.17) is 0 Å². The third-order valence-electron chi connectivity index (χ3n) is 1.66. The van der Waals surface area contributed by atoms with E-state index in [2.05, 4.69) is 40.2 Å². The molecule has 0 aromatic heterocycles. The summed E-state index contributed by atoms with van der Waals surface area (Å²) in [6, 6.07) is 10.5. The molecule has 0 nitrogen and oxygen atoms in total. The fourth-order valence-electron chi connectivity index (χ4n) is 1.01. The summed E-state index contributed by atoms with van der Waals surface area (Å²) in [6.45, 7) is 0.